The number of hydrogen-bond acceptors (Lipinski definition) is 2. The van der Waals surface area contributed by atoms with Gasteiger partial charge in [-0.1, -0.05) is 38.5 Å². The predicted octanol–water partition coefficient (Wildman–Crippen LogP) is 4.47. The van der Waals surface area contributed by atoms with E-state index in [1.165, 1.54) is 18.4 Å². The number of aliphatic hydroxyl groups is 2. The van der Waals surface area contributed by atoms with E-state index >= 15 is 0 Å². The number of allylic oxidation sites excluding steroid dienone is 1. The summed E-state index contributed by atoms with van der Waals surface area (Å²) in [6.45, 7) is 14.9. The lowest BCUT2D eigenvalue weighted by molar-refractivity contribution is -0.0885. The second kappa shape index (κ2) is 6.13. The van der Waals surface area contributed by atoms with Gasteiger partial charge >= 0.3 is 0 Å². The molecule has 0 amide bonds. The van der Waals surface area contributed by atoms with Crippen LogP contribution in [0.15, 0.2) is 24.8 Å². The molecular weight excluding hydrogens is 272 g/mol. The molecule has 5 atom stereocenters. The molecule has 2 aliphatic carbocycles. The molecule has 0 bridgehead atoms. The van der Waals surface area contributed by atoms with Crippen molar-refractivity contribution in [1.82, 2.24) is 0 Å². The molecule has 0 aromatic carbocycles. The van der Waals surface area contributed by atoms with Crippen molar-refractivity contribution in [2.75, 3.05) is 6.61 Å². The predicted molar refractivity (Wildman–Crippen MR) is 92.6 cm³/mol. The summed E-state index contributed by atoms with van der Waals surface area (Å²) in [7, 11) is 0. The molecule has 2 N–H and O–H groups in total. The lowest BCUT2D eigenvalue weighted by Crippen LogP contribution is -2.52. The average molecular weight is 306 g/mol. The van der Waals surface area contributed by atoms with Crippen molar-refractivity contribution in [3.63, 3.8) is 0 Å². The Hall–Kier alpha value is -0.600. The van der Waals surface area contributed by atoms with E-state index in [0.29, 0.717) is 11.8 Å². The summed E-state index contributed by atoms with van der Waals surface area (Å²) < 4.78 is 0. The summed E-state index contributed by atoms with van der Waals surface area (Å²) in [5.74, 6) is 1.01. The Morgan fingerprint density at radius 3 is 2.64 bits per heavy atom. The van der Waals surface area contributed by atoms with Crippen molar-refractivity contribution in [2.45, 2.75) is 71.3 Å². The molecule has 0 spiro atoms. The maximum Gasteiger partial charge on any atom is 0.0797 e. The fourth-order valence-corrected chi connectivity index (χ4v) is 5.34. The van der Waals surface area contributed by atoms with E-state index in [1.54, 1.807) is 6.08 Å². The maximum absolute atomic E-state index is 10.3. The quantitative estimate of drug-likeness (QED) is 0.735. The molecule has 2 nitrogen and oxygen atoms in total. The van der Waals surface area contributed by atoms with Crippen LogP contribution in [0.2, 0.25) is 0 Å². The zero-order chi connectivity index (χ0) is 16.6. The van der Waals surface area contributed by atoms with E-state index < -0.39 is 5.60 Å². The average Bonchev–Trinajstić information content (AvgIpc) is 2.46. The minimum absolute atomic E-state index is 0.0485. The molecule has 0 radical (unpaired) electrons. The summed E-state index contributed by atoms with van der Waals surface area (Å²) in [6.07, 6.45) is 9.10. The molecule has 0 heterocycles. The van der Waals surface area contributed by atoms with E-state index in [2.05, 4.69) is 27.0 Å². The highest BCUT2D eigenvalue weighted by Gasteiger charge is 2.54. The molecular formula is C20H34O2. The zero-order valence-corrected chi connectivity index (χ0v) is 14.7. The molecule has 22 heavy (non-hydrogen) atoms. The number of aliphatic hydroxyl groups excluding tert-OH is 1. The number of rotatable bonds is 5. The summed E-state index contributed by atoms with van der Waals surface area (Å²) in [4.78, 5) is 0. The fraction of sp³-hybridized carbons (Fsp3) is 0.800. The molecule has 2 rings (SSSR count). The van der Waals surface area contributed by atoms with E-state index in [9.17, 15) is 10.2 Å². The molecule has 2 heteroatoms. The molecule has 126 valence electrons. The van der Waals surface area contributed by atoms with Gasteiger partial charge < -0.3 is 10.2 Å². The first-order valence-electron chi connectivity index (χ1n) is 8.83. The van der Waals surface area contributed by atoms with Crippen molar-refractivity contribution >= 4 is 0 Å². The Bertz CT molecular complexity index is 439. The standard InChI is InChI=1S/C20H34O2/c1-6-19(4,22)13-10-16-15(2)8-9-17-18(3,14-21)11-7-12-20(16,17)5/h6,16-17,21-22H,1-2,7-14H2,3-5H3/t16-,17+,18-,19-,20+/m0/s1. The Morgan fingerprint density at radius 1 is 1.36 bits per heavy atom. The van der Waals surface area contributed by atoms with Crippen LogP contribution in [0.25, 0.3) is 0 Å². The van der Waals surface area contributed by atoms with Crippen LogP contribution in [0.1, 0.15) is 65.7 Å². The Balaban J connectivity index is 2.24. The van der Waals surface area contributed by atoms with Crippen molar-refractivity contribution in [3.05, 3.63) is 24.8 Å². The topological polar surface area (TPSA) is 40.5 Å². The van der Waals surface area contributed by atoms with Crippen LogP contribution in [0.3, 0.4) is 0 Å². The number of hydrogen-bond donors (Lipinski definition) is 2. The largest absolute Gasteiger partial charge is 0.396 e. The van der Waals surface area contributed by atoms with Gasteiger partial charge in [0.15, 0.2) is 0 Å². The highest BCUT2D eigenvalue weighted by molar-refractivity contribution is 5.16. The number of fused-ring (bicyclic) bond motifs is 1. The molecule has 0 saturated heterocycles. The Morgan fingerprint density at radius 2 is 2.05 bits per heavy atom. The van der Waals surface area contributed by atoms with Crippen LogP contribution in [-0.2, 0) is 0 Å². The van der Waals surface area contributed by atoms with Crippen molar-refractivity contribution < 1.29 is 10.2 Å². The first-order chi connectivity index (χ1) is 10.2. The van der Waals surface area contributed by atoms with Gasteiger partial charge in [0.1, 0.15) is 0 Å². The third kappa shape index (κ3) is 3.05. The normalized spacial score (nSPS) is 41.6. The van der Waals surface area contributed by atoms with Crippen LogP contribution in [0.5, 0.6) is 0 Å². The van der Waals surface area contributed by atoms with Crippen molar-refractivity contribution in [3.8, 4) is 0 Å². The molecule has 0 aliphatic heterocycles. The molecule has 2 aliphatic rings. The van der Waals surface area contributed by atoms with Crippen LogP contribution >= 0.6 is 0 Å². The Kier molecular flexibility index (Phi) is 4.94. The lowest BCUT2D eigenvalue weighted by Gasteiger charge is -2.58. The first-order valence-corrected chi connectivity index (χ1v) is 8.83. The maximum atomic E-state index is 10.3. The molecule has 0 aromatic rings. The van der Waals surface area contributed by atoms with Gasteiger partial charge in [-0.2, -0.15) is 0 Å². The molecule has 2 saturated carbocycles. The van der Waals surface area contributed by atoms with Gasteiger partial charge in [-0.05, 0) is 68.1 Å². The van der Waals surface area contributed by atoms with Crippen molar-refractivity contribution in [1.29, 1.82) is 0 Å². The van der Waals surface area contributed by atoms with Gasteiger partial charge in [0.05, 0.1) is 5.60 Å². The monoisotopic (exact) mass is 306 g/mol. The van der Waals surface area contributed by atoms with Gasteiger partial charge in [-0.15, -0.1) is 6.58 Å². The molecule has 0 aromatic heterocycles. The summed E-state index contributed by atoms with van der Waals surface area (Å²) in [5, 5.41) is 20.3. The second-order valence-electron chi connectivity index (χ2n) is 8.57. The highest BCUT2D eigenvalue weighted by atomic mass is 16.3. The third-order valence-corrected chi connectivity index (χ3v) is 6.88. The second-order valence-corrected chi connectivity index (χ2v) is 8.57. The smallest absolute Gasteiger partial charge is 0.0797 e. The van der Waals surface area contributed by atoms with Gasteiger partial charge in [0.25, 0.3) is 0 Å². The van der Waals surface area contributed by atoms with Gasteiger partial charge in [0.2, 0.25) is 0 Å². The van der Waals surface area contributed by atoms with E-state index in [-0.39, 0.29) is 17.4 Å². The summed E-state index contributed by atoms with van der Waals surface area (Å²) in [5.41, 5.74) is 0.814. The highest BCUT2D eigenvalue weighted by Crippen LogP contribution is 2.61. The van der Waals surface area contributed by atoms with E-state index in [1.807, 2.05) is 6.92 Å². The zero-order valence-electron chi connectivity index (χ0n) is 14.7. The fourth-order valence-electron chi connectivity index (χ4n) is 5.34. The van der Waals surface area contributed by atoms with E-state index in [4.69, 9.17) is 0 Å². The van der Waals surface area contributed by atoms with Crippen molar-refractivity contribution in [2.24, 2.45) is 22.7 Å². The van der Waals surface area contributed by atoms with Crippen LogP contribution in [0, 0.1) is 22.7 Å². The molecule has 2 fully saturated rings. The van der Waals surface area contributed by atoms with Gasteiger partial charge in [0, 0.05) is 6.61 Å². The van der Waals surface area contributed by atoms with Gasteiger partial charge in [-0.3, -0.25) is 0 Å². The third-order valence-electron chi connectivity index (χ3n) is 6.88. The first kappa shape index (κ1) is 17.7. The van der Waals surface area contributed by atoms with Crippen LogP contribution in [-0.4, -0.2) is 22.4 Å². The summed E-state index contributed by atoms with van der Waals surface area (Å²) in [6, 6.07) is 0. The van der Waals surface area contributed by atoms with Gasteiger partial charge in [-0.25, -0.2) is 0 Å². The Labute approximate surface area is 136 Å². The minimum Gasteiger partial charge on any atom is -0.396 e. The van der Waals surface area contributed by atoms with Crippen LogP contribution < -0.4 is 0 Å². The van der Waals surface area contributed by atoms with Crippen LogP contribution in [0.4, 0.5) is 0 Å². The summed E-state index contributed by atoms with van der Waals surface area (Å²) >= 11 is 0. The SMILES string of the molecule is C=C[C@](C)(O)CC[C@H]1C(=C)CC[C@@H]2[C@](C)(CO)CCC[C@@]21C. The molecule has 0 unspecified atom stereocenters. The van der Waals surface area contributed by atoms with E-state index in [0.717, 1.165) is 32.1 Å². The minimum atomic E-state index is -0.793. The lowest BCUT2D eigenvalue weighted by atomic mass is 9.46.